The van der Waals surface area contributed by atoms with Crippen molar-refractivity contribution in [3.63, 3.8) is 0 Å². The smallest absolute Gasteiger partial charge is 0.345 e. The van der Waals surface area contributed by atoms with E-state index in [4.69, 9.17) is 21.1 Å². The molecule has 0 heterocycles. The topological polar surface area (TPSA) is 77.0 Å². The maximum Gasteiger partial charge on any atom is 0.345 e. The molecule has 0 spiro atoms. The number of carbonyl (C=O) groups is 2. The number of nitrogens with one attached hydrogen (secondary N) is 1. The fraction of sp³-hybridized carbons (Fsp3) is 0.0357. The van der Waals surface area contributed by atoms with E-state index in [1.807, 2.05) is 30.3 Å². The third kappa shape index (κ3) is 6.79. The first-order valence-electron chi connectivity index (χ1n) is 10.8. The van der Waals surface area contributed by atoms with E-state index >= 15 is 0 Å². The van der Waals surface area contributed by atoms with E-state index in [2.05, 4.69) is 10.5 Å². The Hall–Kier alpha value is -4.42. The molecule has 0 radical (unpaired) electrons. The van der Waals surface area contributed by atoms with Gasteiger partial charge in [0.05, 0.1) is 16.8 Å². The fourth-order valence-electron chi connectivity index (χ4n) is 3.08. The first-order valence-corrected chi connectivity index (χ1v) is 11.1. The normalized spacial score (nSPS) is 10.7. The third-order valence-corrected chi connectivity index (χ3v) is 5.26. The Morgan fingerprint density at radius 1 is 0.800 bits per heavy atom. The average molecular weight is 485 g/mol. The highest BCUT2D eigenvalue weighted by molar-refractivity contribution is 6.33. The summed E-state index contributed by atoms with van der Waals surface area (Å²) >= 11 is 6.02. The van der Waals surface area contributed by atoms with Crippen molar-refractivity contribution in [2.24, 2.45) is 5.10 Å². The second-order valence-electron chi connectivity index (χ2n) is 7.44. The third-order valence-electron chi connectivity index (χ3n) is 4.93. The highest BCUT2D eigenvalue weighted by Gasteiger charge is 2.12. The van der Waals surface area contributed by atoms with Crippen LogP contribution in [0.3, 0.4) is 0 Å². The van der Waals surface area contributed by atoms with E-state index in [1.54, 1.807) is 72.8 Å². The SMILES string of the molecule is O=C(N/N=C\c1ccc(OC(=O)c2ccccc2Cl)cc1)c1ccc(OCc2ccccc2)cc1. The Labute approximate surface area is 207 Å². The molecular formula is C28H21ClN2O4. The van der Waals surface area contributed by atoms with Gasteiger partial charge in [-0.15, -0.1) is 0 Å². The second kappa shape index (κ2) is 11.6. The predicted octanol–water partition coefficient (Wildman–Crippen LogP) is 5.90. The van der Waals surface area contributed by atoms with Gasteiger partial charge >= 0.3 is 5.97 Å². The van der Waals surface area contributed by atoms with Crippen molar-refractivity contribution in [2.45, 2.75) is 6.61 Å². The van der Waals surface area contributed by atoms with E-state index in [9.17, 15) is 9.59 Å². The van der Waals surface area contributed by atoms with Gasteiger partial charge in [0.25, 0.3) is 5.91 Å². The lowest BCUT2D eigenvalue weighted by Gasteiger charge is -2.07. The molecule has 4 aromatic carbocycles. The summed E-state index contributed by atoms with van der Waals surface area (Å²) in [6.45, 7) is 0.453. The summed E-state index contributed by atoms with van der Waals surface area (Å²) in [5, 5.41) is 4.31. The second-order valence-corrected chi connectivity index (χ2v) is 7.84. The quantitative estimate of drug-likeness (QED) is 0.146. The number of hydrogen-bond donors (Lipinski definition) is 1. The summed E-state index contributed by atoms with van der Waals surface area (Å²) < 4.78 is 11.1. The minimum atomic E-state index is -0.541. The molecule has 0 aromatic heterocycles. The van der Waals surface area contributed by atoms with Crippen LogP contribution in [0.4, 0.5) is 0 Å². The van der Waals surface area contributed by atoms with Gasteiger partial charge in [-0.1, -0.05) is 54.1 Å². The Morgan fingerprint density at radius 2 is 1.46 bits per heavy atom. The lowest BCUT2D eigenvalue weighted by molar-refractivity contribution is 0.0734. The van der Waals surface area contributed by atoms with Crippen LogP contribution >= 0.6 is 11.6 Å². The summed E-state index contributed by atoms with van der Waals surface area (Å²) in [7, 11) is 0. The average Bonchev–Trinajstić information content (AvgIpc) is 2.89. The fourth-order valence-corrected chi connectivity index (χ4v) is 3.30. The summed E-state index contributed by atoms with van der Waals surface area (Å²) in [6, 6.07) is 30.0. The number of esters is 1. The minimum absolute atomic E-state index is 0.290. The van der Waals surface area contributed by atoms with Gasteiger partial charge in [-0.05, 0) is 71.8 Å². The van der Waals surface area contributed by atoms with Gasteiger partial charge < -0.3 is 9.47 Å². The molecule has 0 fully saturated rings. The van der Waals surface area contributed by atoms with Crippen LogP contribution in [-0.2, 0) is 6.61 Å². The Kier molecular flexibility index (Phi) is 7.88. The molecule has 174 valence electrons. The number of rotatable bonds is 8. The van der Waals surface area contributed by atoms with Gasteiger partial charge in [0, 0.05) is 5.56 Å². The van der Waals surface area contributed by atoms with E-state index in [1.165, 1.54) is 6.21 Å². The summed E-state index contributed by atoms with van der Waals surface area (Å²) in [5.41, 5.74) is 5.01. The number of carbonyl (C=O) groups excluding carboxylic acids is 2. The lowest BCUT2D eigenvalue weighted by atomic mass is 10.2. The molecule has 4 aromatic rings. The molecule has 0 aliphatic heterocycles. The van der Waals surface area contributed by atoms with Crippen LogP contribution in [0.15, 0.2) is 108 Å². The van der Waals surface area contributed by atoms with Crippen molar-refractivity contribution in [3.8, 4) is 11.5 Å². The largest absolute Gasteiger partial charge is 0.489 e. The summed E-state index contributed by atoms with van der Waals surface area (Å²) in [4.78, 5) is 24.6. The van der Waals surface area contributed by atoms with Crippen LogP contribution in [0.1, 0.15) is 31.8 Å². The van der Waals surface area contributed by atoms with E-state index < -0.39 is 5.97 Å². The van der Waals surface area contributed by atoms with Crippen LogP contribution in [0.2, 0.25) is 5.02 Å². The number of benzene rings is 4. The zero-order valence-corrected chi connectivity index (χ0v) is 19.3. The number of nitrogens with zero attached hydrogens (tertiary/aromatic N) is 1. The van der Waals surface area contributed by atoms with Crippen molar-refractivity contribution in [1.82, 2.24) is 5.43 Å². The zero-order chi connectivity index (χ0) is 24.5. The number of ether oxygens (including phenoxy) is 2. The highest BCUT2D eigenvalue weighted by atomic mass is 35.5. The van der Waals surface area contributed by atoms with Crippen molar-refractivity contribution < 1.29 is 19.1 Å². The number of halogens is 1. The van der Waals surface area contributed by atoms with E-state index in [0.717, 1.165) is 5.56 Å². The van der Waals surface area contributed by atoms with Crippen molar-refractivity contribution >= 4 is 29.7 Å². The molecule has 0 atom stereocenters. The minimum Gasteiger partial charge on any atom is -0.489 e. The molecule has 1 N–H and O–H groups in total. The predicted molar refractivity (Wildman–Crippen MR) is 135 cm³/mol. The van der Waals surface area contributed by atoms with Gasteiger partial charge in [0.15, 0.2) is 0 Å². The molecule has 0 saturated heterocycles. The molecule has 0 aliphatic carbocycles. The number of hydrazone groups is 1. The Balaban J connectivity index is 1.26. The number of amides is 1. The van der Waals surface area contributed by atoms with Crippen LogP contribution in [0.25, 0.3) is 0 Å². The van der Waals surface area contributed by atoms with Crippen LogP contribution in [-0.4, -0.2) is 18.1 Å². The molecular weight excluding hydrogens is 464 g/mol. The molecule has 0 saturated carbocycles. The van der Waals surface area contributed by atoms with Gasteiger partial charge in [0.1, 0.15) is 18.1 Å². The van der Waals surface area contributed by atoms with Crippen molar-refractivity contribution in [1.29, 1.82) is 0 Å². The van der Waals surface area contributed by atoms with Crippen LogP contribution in [0.5, 0.6) is 11.5 Å². The molecule has 0 aliphatic rings. The number of hydrogen-bond acceptors (Lipinski definition) is 5. The molecule has 35 heavy (non-hydrogen) atoms. The Bertz CT molecular complexity index is 1320. The van der Waals surface area contributed by atoms with Gasteiger partial charge in [-0.25, -0.2) is 10.2 Å². The maximum absolute atomic E-state index is 12.3. The molecule has 7 heteroatoms. The summed E-state index contributed by atoms with van der Waals surface area (Å²) in [6.07, 6.45) is 1.49. The maximum atomic E-state index is 12.3. The monoisotopic (exact) mass is 484 g/mol. The van der Waals surface area contributed by atoms with Gasteiger partial charge in [-0.2, -0.15) is 5.10 Å². The molecule has 0 unspecified atom stereocenters. The first kappa shape index (κ1) is 23.7. The first-order chi connectivity index (χ1) is 17.1. The van der Waals surface area contributed by atoms with Crippen LogP contribution < -0.4 is 14.9 Å². The lowest BCUT2D eigenvalue weighted by Crippen LogP contribution is -2.17. The molecule has 0 bridgehead atoms. The summed E-state index contributed by atoms with van der Waals surface area (Å²) in [5.74, 6) is 0.150. The Morgan fingerprint density at radius 3 is 2.17 bits per heavy atom. The zero-order valence-electron chi connectivity index (χ0n) is 18.6. The standard InChI is InChI=1S/C28H21ClN2O4/c29-26-9-5-4-8-25(26)28(33)35-24-14-10-20(11-15-24)18-30-31-27(32)22-12-16-23(17-13-22)34-19-21-6-2-1-3-7-21/h1-18H,19H2,(H,31,32)/b30-18-. The highest BCUT2D eigenvalue weighted by Crippen LogP contribution is 2.19. The van der Waals surface area contributed by atoms with E-state index in [-0.39, 0.29) is 5.91 Å². The van der Waals surface area contributed by atoms with E-state index in [0.29, 0.717) is 39.8 Å². The van der Waals surface area contributed by atoms with Gasteiger partial charge in [0.2, 0.25) is 0 Å². The molecule has 4 rings (SSSR count). The van der Waals surface area contributed by atoms with Crippen molar-refractivity contribution in [2.75, 3.05) is 0 Å². The molecule has 6 nitrogen and oxygen atoms in total. The van der Waals surface area contributed by atoms with Gasteiger partial charge in [-0.3, -0.25) is 4.79 Å². The van der Waals surface area contributed by atoms with Crippen molar-refractivity contribution in [3.05, 3.63) is 130 Å². The van der Waals surface area contributed by atoms with Crippen LogP contribution in [0, 0.1) is 0 Å². The molecule has 1 amide bonds.